The number of carboxylic acids is 1. The maximum Gasteiger partial charge on any atom is 0.309 e. The van der Waals surface area contributed by atoms with E-state index in [1.54, 1.807) is 12.1 Å². The summed E-state index contributed by atoms with van der Waals surface area (Å²) in [4.78, 5) is 12.4. The minimum atomic E-state index is -1.02. The molecule has 2 N–H and O–H groups in total. The molecule has 0 unspecified atom stereocenters. The predicted molar refractivity (Wildman–Crippen MR) is 61.3 cm³/mol. The number of anilines is 1. The molecule has 1 aromatic rings. The lowest BCUT2D eigenvalue weighted by Crippen LogP contribution is -2.11. The molecule has 86 valence electrons. The molecule has 0 aliphatic heterocycles. The average Bonchev–Trinajstić information content (AvgIpc) is 2.25. The Balaban J connectivity index is 2.91. The van der Waals surface area contributed by atoms with Crippen LogP contribution in [0.4, 0.5) is 5.69 Å². The molecule has 0 fully saturated rings. The van der Waals surface area contributed by atoms with E-state index in [0.29, 0.717) is 5.56 Å². The van der Waals surface area contributed by atoms with Gasteiger partial charge in [-0.25, -0.2) is 0 Å². The summed E-state index contributed by atoms with van der Waals surface area (Å²) in [7, 11) is 3.82. The lowest BCUT2D eigenvalue weighted by Gasteiger charge is -2.12. The first-order valence-electron chi connectivity index (χ1n) is 4.75. The third-order valence-corrected chi connectivity index (χ3v) is 2.16. The monoisotopic (exact) mass is 222 g/mol. The first-order chi connectivity index (χ1) is 7.54. The molecule has 0 aliphatic rings. The molecule has 5 nitrogen and oxygen atoms in total. The third kappa shape index (κ3) is 2.98. The van der Waals surface area contributed by atoms with Crippen molar-refractivity contribution in [3.8, 4) is 0 Å². The van der Waals surface area contributed by atoms with Gasteiger partial charge in [0.25, 0.3) is 0 Å². The van der Waals surface area contributed by atoms with E-state index >= 15 is 0 Å². The number of carbonyl (C=O) groups is 1. The van der Waals surface area contributed by atoms with Crippen molar-refractivity contribution in [1.82, 2.24) is 0 Å². The van der Waals surface area contributed by atoms with Crippen LogP contribution in [-0.4, -0.2) is 36.1 Å². The lowest BCUT2D eigenvalue weighted by molar-refractivity contribution is -0.135. The molecule has 0 amide bonds. The first kappa shape index (κ1) is 12.0. The fraction of sp³-hybridized carbons (Fsp3) is 0.273. The van der Waals surface area contributed by atoms with Gasteiger partial charge in [-0.05, 0) is 12.1 Å². The molecule has 0 bridgehead atoms. The van der Waals surface area contributed by atoms with Crippen molar-refractivity contribution in [2.75, 3.05) is 19.0 Å². The van der Waals surface area contributed by atoms with Crippen LogP contribution >= 0.6 is 0 Å². The minimum absolute atomic E-state index is 0.151. The SMILES string of the molecule is CN(C)c1ccc(/C(CC(=O)O)=N\O)cc1. The van der Waals surface area contributed by atoms with Crippen LogP contribution in [0.1, 0.15) is 12.0 Å². The highest BCUT2D eigenvalue weighted by Gasteiger charge is 2.09. The summed E-state index contributed by atoms with van der Waals surface area (Å²) in [6, 6.07) is 7.13. The number of hydrogen-bond acceptors (Lipinski definition) is 4. The van der Waals surface area contributed by atoms with Gasteiger partial charge < -0.3 is 15.2 Å². The van der Waals surface area contributed by atoms with Crippen LogP contribution < -0.4 is 4.90 Å². The van der Waals surface area contributed by atoms with Crippen molar-refractivity contribution < 1.29 is 15.1 Å². The zero-order valence-corrected chi connectivity index (χ0v) is 9.21. The Hall–Kier alpha value is -2.04. The first-order valence-corrected chi connectivity index (χ1v) is 4.75. The summed E-state index contributed by atoms with van der Waals surface area (Å²) in [5.74, 6) is -1.02. The van der Waals surface area contributed by atoms with E-state index in [-0.39, 0.29) is 12.1 Å². The van der Waals surface area contributed by atoms with E-state index in [2.05, 4.69) is 5.16 Å². The highest BCUT2D eigenvalue weighted by Crippen LogP contribution is 2.13. The molecule has 0 spiro atoms. The highest BCUT2D eigenvalue weighted by molar-refractivity contribution is 6.08. The molecule has 0 radical (unpaired) electrons. The second kappa shape index (κ2) is 5.16. The second-order valence-electron chi connectivity index (χ2n) is 3.56. The second-order valence-corrected chi connectivity index (χ2v) is 3.56. The third-order valence-electron chi connectivity index (χ3n) is 2.16. The van der Waals surface area contributed by atoms with Gasteiger partial charge in [0.05, 0.1) is 12.1 Å². The van der Waals surface area contributed by atoms with Crippen molar-refractivity contribution >= 4 is 17.4 Å². The Morgan fingerprint density at radius 3 is 2.25 bits per heavy atom. The topological polar surface area (TPSA) is 73.1 Å². The number of rotatable bonds is 4. The Kier molecular flexibility index (Phi) is 3.88. The fourth-order valence-electron chi connectivity index (χ4n) is 1.29. The van der Waals surface area contributed by atoms with E-state index < -0.39 is 5.97 Å². The summed E-state index contributed by atoms with van der Waals surface area (Å²) in [5.41, 5.74) is 1.75. The van der Waals surface area contributed by atoms with Gasteiger partial charge in [-0.15, -0.1) is 0 Å². The Morgan fingerprint density at radius 2 is 1.88 bits per heavy atom. The molecule has 0 atom stereocenters. The van der Waals surface area contributed by atoms with Crippen LogP contribution in [-0.2, 0) is 4.79 Å². The molecule has 0 heterocycles. The Labute approximate surface area is 93.6 Å². The molecule has 5 heteroatoms. The molecule has 0 aromatic heterocycles. The van der Waals surface area contributed by atoms with Gasteiger partial charge in [-0.2, -0.15) is 0 Å². The lowest BCUT2D eigenvalue weighted by atomic mass is 10.1. The molecule has 0 saturated carbocycles. The van der Waals surface area contributed by atoms with Gasteiger partial charge >= 0.3 is 5.97 Å². The normalized spacial score (nSPS) is 11.2. The van der Waals surface area contributed by atoms with E-state index in [1.165, 1.54) is 0 Å². The van der Waals surface area contributed by atoms with Crippen molar-refractivity contribution in [2.24, 2.45) is 5.16 Å². The number of oxime groups is 1. The van der Waals surface area contributed by atoms with Gasteiger partial charge in [0.15, 0.2) is 0 Å². The summed E-state index contributed by atoms with van der Waals surface area (Å²) in [5, 5.41) is 20.3. The number of benzene rings is 1. The highest BCUT2D eigenvalue weighted by atomic mass is 16.4. The summed E-state index contributed by atoms with van der Waals surface area (Å²) < 4.78 is 0. The van der Waals surface area contributed by atoms with Gasteiger partial charge in [-0.1, -0.05) is 17.3 Å². The van der Waals surface area contributed by atoms with Crippen LogP contribution in [0.3, 0.4) is 0 Å². The Bertz CT molecular complexity index is 396. The summed E-state index contributed by atoms with van der Waals surface area (Å²) in [6.07, 6.45) is -0.294. The maximum absolute atomic E-state index is 10.5. The quantitative estimate of drug-likeness (QED) is 0.459. The molecule has 16 heavy (non-hydrogen) atoms. The fourth-order valence-corrected chi connectivity index (χ4v) is 1.29. The van der Waals surface area contributed by atoms with Crippen LogP contribution in [0, 0.1) is 0 Å². The van der Waals surface area contributed by atoms with Crippen molar-refractivity contribution in [3.05, 3.63) is 29.8 Å². The molecular weight excluding hydrogens is 208 g/mol. The maximum atomic E-state index is 10.5. The van der Waals surface area contributed by atoms with Crippen LogP contribution in [0.15, 0.2) is 29.4 Å². The molecule has 1 aromatic carbocycles. The van der Waals surface area contributed by atoms with Crippen LogP contribution in [0.2, 0.25) is 0 Å². The van der Waals surface area contributed by atoms with E-state index in [0.717, 1.165) is 5.69 Å². The van der Waals surface area contributed by atoms with Gasteiger partial charge in [-0.3, -0.25) is 4.79 Å². The molecule has 0 saturated heterocycles. The number of carboxylic acid groups (broad SMARTS) is 1. The van der Waals surface area contributed by atoms with Crippen molar-refractivity contribution in [1.29, 1.82) is 0 Å². The molecule has 1 rings (SSSR count). The predicted octanol–water partition coefficient (Wildman–Crippen LogP) is 1.41. The molecular formula is C11H14N2O3. The largest absolute Gasteiger partial charge is 0.481 e. The standard InChI is InChI=1S/C11H14N2O3/c1-13(2)9-5-3-8(4-6-9)10(12-16)7-11(14)15/h3-6,16H,7H2,1-2H3,(H,14,15)/b12-10-. The van der Waals surface area contributed by atoms with Crippen molar-refractivity contribution in [2.45, 2.75) is 6.42 Å². The summed E-state index contributed by atoms with van der Waals surface area (Å²) in [6.45, 7) is 0. The summed E-state index contributed by atoms with van der Waals surface area (Å²) >= 11 is 0. The van der Waals surface area contributed by atoms with Crippen LogP contribution in [0.25, 0.3) is 0 Å². The van der Waals surface area contributed by atoms with Crippen LogP contribution in [0.5, 0.6) is 0 Å². The Morgan fingerprint density at radius 1 is 1.31 bits per heavy atom. The average molecular weight is 222 g/mol. The van der Waals surface area contributed by atoms with Gasteiger partial charge in [0, 0.05) is 25.3 Å². The van der Waals surface area contributed by atoms with E-state index in [1.807, 2.05) is 31.1 Å². The zero-order valence-electron chi connectivity index (χ0n) is 9.21. The number of nitrogens with zero attached hydrogens (tertiary/aromatic N) is 2. The van der Waals surface area contributed by atoms with Gasteiger partial charge in [0.1, 0.15) is 0 Å². The number of aliphatic carboxylic acids is 1. The van der Waals surface area contributed by atoms with Gasteiger partial charge in [0.2, 0.25) is 0 Å². The molecule has 0 aliphatic carbocycles. The minimum Gasteiger partial charge on any atom is -0.481 e. The van der Waals surface area contributed by atoms with Crippen molar-refractivity contribution in [3.63, 3.8) is 0 Å². The zero-order chi connectivity index (χ0) is 12.1. The van der Waals surface area contributed by atoms with E-state index in [9.17, 15) is 4.79 Å². The number of hydrogen-bond donors (Lipinski definition) is 2. The smallest absolute Gasteiger partial charge is 0.309 e. The van der Waals surface area contributed by atoms with E-state index in [4.69, 9.17) is 10.3 Å².